The van der Waals surface area contributed by atoms with Gasteiger partial charge in [0.1, 0.15) is 5.70 Å². The summed E-state index contributed by atoms with van der Waals surface area (Å²) in [4.78, 5) is 43.2. The summed E-state index contributed by atoms with van der Waals surface area (Å²) in [6, 6.07) is 7.49. The third-order valence-electron chi connectivity index (χ3n) is 2.94. The normalized spacial score (nSPS) is 14.9. The van der Waals surface area contributed by atoms with Crippen LogP contribution in [-0.2, 0) is 4.79 Å². The first-order valence-corrected chi connectivity index (χ1v) is 7.07. The lowest BCUT2D eigenvalue weighted by Crippen LogP contribution is -2.32. The van der Waals surface area contributed by atoms with E-state index in [1.54, 1.807) is 17.5 Å². The summed E-state index contributed by atoms with van der Waals surface area (Å²) in [6.45, 7) is 0. The van der Waals surface area contributed by atoms with E-state index >= 15 is 0 Å². The Bertz CT molecular complexity index is 942. The Hall–Kier alpha value is -2.93. The van der Waals surface area contributed by atoms with Gasteiger partial charge in [0.05, 0.1) is 21.2 Å². The van der Waals surface area contributed by atoms with Gasteiger partial charge in [-0.3, -0.25) is 9.59 Å². The summed E-state index contributed by atoms with van der Waals surface area (Å²) in [5.41, 5.74) is -0.0402. The van der Waals surface area contributed by atoms with Crippen molar-refractivity contribution in [2.75, 3.05) is 0 Å². The van der Waals surface area contributed by atoms with Crippen molar-refractivity contribution >= 4 is 29.0 Å². The fourth-order valence-corrected chi connectivity index (χ4v) is 2.53. The zero-order valence-corrected chi connectivity index (χ0v) is 11.8. The van der Waals surface area contributed by atoms with Crippen LogP contribution in [0.3, 0.4) is 0 Å². The monoisotopic (exact) mass is 312 g/mol. The van der Waals surface area contributed by atoms with Gasteiger partial charge in [0.15, 0.2) is 5.78 Å². The lowest BCUT2D eigenvalue weighted by molar-refractivity contribution is -0.114. The summed E-state index contributed by atoms with van der Waals surface area (Å²) in [5, 5.41) is 11.2. The van der Waals surface area contributed by atoms with Crippen molar-refractivity contribution in [3.63, 3.8) is 0 Å². The van der Waals surface area contributed by atoms with Crippen molar-refractivity contribution in [2.45, 2.75) is 0 Å². The molecule has 3 rings (SSSR count). The van der Waals surface area contributed by atoms with Crippen LogP contribution in [0.15, 0.2) is 57.5 Å². The Morgan fingerprint density at radius 1 is 1.14 bits per heavy atom. The Kier molecular flexibility index (Phi) is 3.48. The highest BCUT2D eigenvalue weighted by Gasteiger charge is 2.16. The molecule has 0 saturated carbocycles. The minimum atomic E-state index is -1.11. The van der Waals surface area contributed by atoms with Crippen LogP contribution in [0.25, 0.3) is 0 Å². The van der Waals surface area contributed by atoms with E-state index in [9.17, 15) is 14.4 Å². The number of carboxylic acid groups (broad SMARTS) is 1. The lowest BCUT2D eigenvalue weighted by atomic mass is 10.2. The highest BCUT2D eigenvalue weighted by atomic mass is 32.1. The molecule has 0 radical (unpaired) electrons. The van der Waals surface area contributed by atoms with Gasteiger partial charge < -0.3 is 5.11 Å². The van der Waals surface area contributed by atoms with Crippen LogP contribution in [0.2, 0.25) is 0 Å². The molecule has 1 N–H and O–H groups in total. The second-order valence-electron chi connectivity index (χ2n) is 4.41. The standard InChI is InChI=1S/C15H8N2O4S/c18-12(13-2-1-5-22-13)7-11-14(19)17-10-6-8(15(20)21)3-4-9(10)16-11/h1-7H,(H,20,21)/b11-7-. The van der Waals surface area contributed by atoms with Crippen LogP contribution in [-0.4, -0.2) is 22.8 Å². The summed E-state index contributed by atoms with van der Waals surface area (Å²) in [7, 11) is 0. The SMILES string of the molecule is O=C1N=c2cc(C(=O)O)ccc2=N/C1=C\C(=O)c1cccs1. The van der Waals surface area contributed by atoms with E-state index in [1.165, 1.54) is 29.5 Å². The molecular formula is C15H8N2O4S. The average Bonchev–Trinajstić information content (AvgIpc) is 3.01. The molecule has 0 fully saturated rings. The van der Waals surface area contributed by atoms with Crippen LogP contribution >= 0.6 is 11.3 Å². The van der Waals surface area contributed by atoms with Crippen LogP contribution in [0.1, 0.15) is 20.0 Å². The van der Waals surface area contributed by atoms with Crippen molar-refractivity contribution in [3.05, 3.63) is 68.6 Å². The summed E-state index contributed by atoms with van der Waals surface area (Å²) in [6.07, 6.45) is 1.14. The number of nitrogens with zero attached hydrogens (tertiary/aromatic N) is 2. The maximum Gasteiger partial charge on any atom is 0.335 e. The highest BCUT2D eigenvalue weighted by Crippen LogP contribution is 2.12. The maximum atomic E-state index is 12.0. The summed E-state index contributed by atoms with van der Waals surface area (Å²) in [5.74, 6) is -2.09. The molecule has 2 heterocycles. The Morgan fingerprint density at radius 2 is 1.95 bits per heavy atom. The number of carboxylic acids is 1. The van der Waals surface area contributed by atoms with Crippen LogP contribution in [0.4, 0.5) is 0 Å². The fraction of sp³-hybridized carbons (Fsp3) is 0. The Balaban J connectivity index is 2.05. The van der Waals surface area contributed by atoms with E-state index in [4.69, 9.17) is 5.11 Å². The molecule has 22 heavy (non-hydrogen) atoms. The molecule has 1 aromatic heterocycles. The molecule has 6 nitrogen and oxygen atoms in total. The van der Waals surface area contributed by atoms with Gasteiger partial charge in [-0.15, -0.1) is 11.3 Å². The number of hydrogen-bond donors (Lipinski definition) is 1. The molecule has 0 bridgehead atoms. The number of fused-ring (bicyclic) bond motifs is 1. The molecule has 0 spiro atoms. The van der Waals surface area contributed by atoms with Gasteiger partial charge in [-0.25, -0.2) is 14.8 Å². The van der Waals surface area contributed by atoms with E-state index in [0.717, 1.165) is 6.08 Å². The van der Waals surface area contributed by atoms with Gasteiger partial charge in [0.2, 0.25) is 0 Å². The van der Waals surface area contributed by atoms with E-state index in [0.29, 0.717) is 10.2 Å². The second-order valence-corrected chi connectivity index (χ2v) is 5.36. The van der Waals surface area contributed by atoms with Gasteiger partial charge in [0.25, 0.3) is 5.91 Å². The number of carbonyl (C=O) groups excluding carboxylic acids is 2. The lowest BCUT2D eigenvalue weighted by Gasteiger charge is -2.03. The van der Waals surface area contributed by atoms with Gasteiger partial charge in [0, 0.05) is 6.08 Å². The minimum Gasteiger partial charge on any atom is -0.478 e. The van der Waals surface area contributed by atoms with Crippen molar-refractivity contribution < 1.29 is 19.5 Å². The number of thiophene rings is 1. The first-order chi connectivity index (χ1) is 10.5. The molecule has 0 saturated heterocycles. The number of rotatable bonds is 3. The van der Waals surface area contributed by atoms with Gasteiger partial charge in [-0.1, -0.05) is 6.07 Å². The van der Waals surface area contributed by atoms with Gasteiger partial charge in [-0.05, 0) is 29.6 Å². The smallest absolute Gasteiger partial charge is 0.335 e. The van der Waals surface area contributed by atoms with Gasteiger partial charge in [-0.2, -0.15) is 0 Å². The zero-order chi connectivity index (χ0) is 15.7. The van der Waals surface area contributed by atoms with E-state index in [2.05, 4.69) is 9.98 Å². The molecule has 0 aliphatic carbocycles. The topological polar surface area (TPSA) is 96.2 Å². The molecule has 2 aromatic rings. The molecule has 0 unspecified atom stereocenters. The molecular weight excluding hydrogens is 304 g/mol. The van der Waals surface area contributed by atoms with Crippen molar-refractivity contribution in [1.82, 2.24) is 0 Å². The molecule has 1 aliphatic heterocycles. The predicted octanol–water partition coefficient (Wildman–Crippen LogP) is 0.992. The number of allylic oxidation sites excluding steroid dienone is 1. The quantitative estimate of drug-likeness (QED) is 0.675. The first-order valence-electron chi connectivity index (χ1n) is 6.19. The van der Waals surface area contributed by atoms with E-state index in [-0.39, 0.29) is 22.4 Å². The molecule has 0 atom stereocenters. The molecule has 108 valence electrons. The summed E-state index contributed by atoms with van der Waals surface area (Å²) >= 11 is 1.27. The molecule has 7 heteroatoms. The first kappa shape index (κ1) is 14.0. The molecule has 1 amide bonds. The van der Waals surface area contributed by atoms with Crippen molar-refractivity contribution in [1.29, 1.82) is 0 Å². The number of hydrogen-bond acceptors (Lipinski definition) is 5. The number of benzene rings is 1. The third-order valence-corrected chi connectivity index (χ3v) is 3.82. The Morgan fingerprint density at radius 3 is 2.64 bits per heavy atom. The van der Waals surface area contributed by atoms with E-state index < -0.39 is 11.9 Å². The minimum absolute atomic E-state index is 0.0209. The number of aromatic carboxylic acids is 1. The largest absolute Gasteiger partial charge is 0.478 e. The zero-order valence-electron chi connectivity index (χ0n) is 11.0. The van der Waals surface area contributed by atoms with Crippen molar-refractivity contribution in [3.8, 4) is 0 Å². The van der Waals surface area contributed by atoms with Crippen molar-refractivity contribution in [2.24, 2.45) is 9.98 Å². The third kappa shape index (κ3) is 2.61. The number of ketones is 1. The number of amides is 1. The fourth-order valence-electron chi connectivity index (χ4n) is 1.89. The summed E-state index contributed by atoms with van der Waals surface area (Å²) < 4.78 is 0. The Labute approximate surface area is 127 Å². The highest BCUT2D eigenvalue weighted by molar-refractivity contribution is 7.12. The van der Waals surface area contributed by atoms with E-state index in [1.807, 2.05) is 0 Å². The van der Waals surface area contributed by atoms with Crippen LogP contribution in [0.5, 0.6) is 0 Å². The van der Waals surface area contributed by atoms with Crippen LogP contribution in [0, 0.1) is 0 Å². The maximum absolute atomic E-state index is 12.0. The second kappa shape index (κ2) is 5.45. The average molecular weight is 312 g/mol. The predicted molar refractivity (Wildman–Crippen MR) is 77.5 cm³/mol. The molecule has 1 aliphatic rings. The van der Waals surface area contributed by atoms with Gasteiger partial charge >= 0.3 is 5.97 Å². The number of carbonyl (C=O) groups is 3. The molecule has 1 aromatic carbocycles. The van der Waals surface area contributed by atoms with Crippen LogP contribution < -0.4 is 10.7 Å².